The zero-order valence-electron chi connectivity index (χ0n) is 10.9. The topological polar surface area (TPSA) is 42.2 Å². The van der Waals surface area contributed by atoms with Gasteiger partial charge in [0.15, 0.2) is 0 Å². The molecule has 0 atom stereocenters. The van der Waals surface area contributed by atoms with E-state index in [0.717, 1.165) is 12.1 Å². The first-order valence-corrected chi connectivity index (χ1v) is 6.36. The average molecular weight is 245 g/mol. The van der Waals surface area contributed by atoms with Crippen LogP contribution in [0.1, 0.15) is 25.8 Å². The van der Waals surface area contributed by atoms with Crippen LogP contribution in [0.25, 0.3) is 10.9 Å². The van der Waals surface area contributed by atoms with E-state index in [2.05, 4.69) is 36.7 Å². The molecule has 18 heavy (non-hydrogen) atoms. The third kappa shape index (κ3) is 2.73. The number of carboxylic acid groups (broad SMARTS) is 1. The van der Waals surface area contributed by atoms with Gasteiger partial charge >= 0.3 is 5.97 Å². The molecule has 1 N–H and O–H groups in total. The van der Waals surface area contributed by atoms with Gasteiger partial charge < -0.3 is 9.67 Å². The van der Waals surface area contributed by atoms with Crippen LogP contribution in [0.5, 0.6) is 0 Å². The molecule has 96 valence electrons. The fourth-order valence-electron chi connectivity index (χ4n) is 2.33. The van der Waals surface area contributed by atoms with E-state index in [1.54, 1.807) is 0 Å². The van der Waals surface area contributed by atoms with E-state index in [1.165, 1.54) is 10.9 Å². The molecule has 0 unspecified atom stereocenters. The van der Waals surface area contributed by atoms with Gasteiger partial charge in [-0.1, -0.05) is 32.0 Å². The van der Waals surface area contributed by atoms with Crippen molar-refractivity contribution in [3.8, 4) is 0 Å². The molecule has 0 spiro atoms. The number of carbonyl (C=O) groups is 1. The van der Waals surface area contributed by atoms with Crippen LogP contribution in [0.3, 0.4) is 0 Å². The first-order chi connectivity index (χ1) is 8.58. The average Bonchev–Trinajstić information content (AvgIpc) is 2.69. The molecule has 2 aromatic rings. The van der Waals surface area contributed by atoms with Gasteiger partial charge in [0.2, 0.25) is 0 Å². The summed E-state index contributed by atoms with van der Waals surface area (Å²) in [6, 6.07) is 8.21. The summed E-state index contributed by atoms with van der Waals surface area (Å²) in [6.45, 7) is 5.34. The molecule has 2 rings (SSSR count). The quantitative estimate of drug-likeness (QED) is 0.878. The highest BCUT2D eigenvalue weighted by Crippen LogP contribution is 2.22. The maximum atomic E-state index is 10.7. The van der Waals surface area contributed by atoms with E-state index in [1.807, 2.05) is 12.1 Å². The minimum absolute atomic E-state index is 0.186. The Kier molecular flexibility index (Phi) is 3.70. The van der Waals surface area contributed by atoms with Crippen molar-refractivity contribution in [2.24, 2.45) is 5.92 Å². The normalized spacial score (nSPS) is 11.3. The number of carboxylic acids is 1. The number of aromatic nitrogens is 1. The van der Waals surface area contributed by atoms with Gasteiger partial charge in [-0.05, 0) is 29.4 Å². The Balaban J connectivity index is 2.38. The van der Waals surface area contributed by atoms with Gasteiger partial charge in [0.05, 0.1) is 5.52 Å². The number of fused-ring (bicyclic) bond motifs is 1. The molecule has 1 heterocycles. The Bertz CT molecular complexity index is 555. The van der Waals surface area contributed by atoms with Crippen molar-refractivity contribution in [1.29, 1.82) is 0 Å². The summed E-state index contributed by atoms with van der Waals surface area (Å²) in [5.74, 6) is -0.165. The number of aliphatic carboxylic acids is 1. The van der Waals surface area contributed by atoms with E-state index in [-0.39, 0.29) is 6.42 Å². The van der Waals surface area contributed by atoms with Crippen LogP contribution < -0.4 is 0 Å². The summed E-state index contributed by atoms with van der Waals surface area (Å²) in [4.78, 5) is 10.7. The van der Waals surface area contributed by atoms with Gasteiger partial charge in [0, 0.05) is 19.2 Å². The Morgan fingerprint density at radius 3 is 2.78 bits per heavy atom. The second-order valence-electron chi connectivity index (χ2n) is 5.11. The number of para-hydroxylation sites is 1. The molecule has 0 saturated carbocycles. The van der Waals surface area contributed by atoms with Crippen molar-refractivity contribution in [1.82, 2.24) is 4.57 Å². The number of nitrogens with zero attached hydrogens (tertiary/aromatic N) is 1. The van der Waals surface area contributed by atoms with Gasteiger partial charge in [0.1, 0.15) is 0 Å². The first kappa shape index (κ1) is 12.7. The minimum atomic E-state index is -0.742. The molecular weight excluding hydrogens is 226 g/mol. The molecule has 1 aromatic heterocycles. The third-order valence-corrected chi connectivity index (χ3v) is 3.04. The number of rotatable bonds is 5. The van der Waals surface area contributed by atoms with E-state index in [9.17, 15) is 4.79 Å². The molecule has 0 aliphatic carbocycles. The summed E-state index contributed by atoms with van der Waals surface area (Å²) in [5.41, 5.74) is 2.31. The number of hydrogen-bond donors (Lipinski definition) is 1. The minimum Gasteiger partial charge on any atom is -0.481 e. The molecule has 3 heteroatoms. The van der Waals surface area contributed by atoms with Crippen molar-refractivity contribution in [2.45, 2.75) is 33.2 Å². The highest BCUT2D eigenvalue weighted by Gasteiger charge is 2.09. The van der Waals surface area contributed by atoms with Crippen LogP contribution in [-0.4, -0.2) is 15.6 Å². The maximum absolute atomic E-state index is 10.7. The summed E-state index contributed by atoms with van der Waals surface area (Å²) in [5, 5.41) is 10.00. The molecule has 0 aliphatic heterocycles. The summed E-state index contributed by atoms with van der Waals surface area (Å²) in [7, 11) is 0. The fourth-order valence-corrected chi connectivity index (χ4v) is 2.33. The van der Waals surface area contributed by atoms with E-state index in [4.69, 9.17) is 5.11 Å². The lowest BCUT2D eigenvalue weighted by molar-refractivity contribution is -0.136. The standard InChI is InChI=1S/C15H19NO2/c1-11(2)10-16-9-8-13-5-3-4-12(15(13)16)6-7-14(17)18/h3-5,8-9,11H,6-7,10H2,1-2H3,(H,17,18). The molecule has 1 aromatic carbocycles. The van der Waals surface area contributed by atoms with Gasteiger partial charge in [0.25, 0.3) is 0 Å². The molecular formula is C15H19NO2. The van der Waals surface area contributed by atoms with Crippen LogP contribution in [0, 0.1) is 5.92 Å². The Morgan fingerprint density at radius 2 is 2.11 bits per heavy atom. The second-order valence-corrected chi connectivity index (χ2v) is 5.11. The molecule has 0 radical (unpaired) electrons. The smallest absolute Gasteiger partial charge is 0.303 e. The van der Waals surface area contributed by atoms with Crippen LogP contribution in [0.2, 0.25) is 0 Å². The third-order valence-electron chi connectivity index (χ3n) is 3.04. The van der Waals surface area contributed by atoms with Crippen molar-refractivity contribution < 1.29 is 9.90 Å². The van der Waals surface area contributed by atoms with Gasteiger partial charge in [-0.25, -0.2) is 0 Å². The van der Waals surface area contributed by atoms with Crippen LogP contribution in [-0.2, 0) is 17.8 Å². The zero-order chi connectivity index (χ0) is 13.1. The van der Waals surface area contributed by atoms with E-state index in [0.29, 0.717) is 12.3 Å². The predicted octanol–water partition coefficient (Wildman–Crippen LogP) is 3.31. The lowest BCUT2D eigenvalue weighted by Gasteiger charge is -2.11. The molecule has 0 fully saturated rings. The fraction of sp³-hybridized carbons (Fsp3) is 0.400. The van der Waals surface area contributed by atoms with Gasteiger partial charge in [-0.3, -0.25) is 4.79 Å². The monoisotopic (exact) mass is 245 g/mol. The molecule has 0 aliphatic rings. The maximum Gasteiger partial charge on any atom is 0.303 e. The second kappa shape index (κ2) is 5.25. The number of benzene rings is 1. The van der Waals surface area contributed by atoms with Crippen LogP contribution in [0.15, 0.2) is 30.5 Å². The molecule has 0 bridgehead atoms. The summed E-state index contributed by atoms with van der Waals surface area (Å²) in [6.07, 6.45) is 2.87. The van der Waals surface area contributed by atoms with E-state index < -0.39 is 5.97 Å². The van der Waals surface area contributed by atoms with Crippen molar-refractivity contribution in [3.05, 3.63) is 36.0 Å². The van der Waals surface area contributed by atoms with Crippen LogP contribution in [0.4, 0.5) is 0 Å². The number of aryl methyl sites for hydroxylation is 1. The SMILES string of the molecule is CC(C)Cn1ccc2cccc(CCC(=O)O)c21. The summed E-state index contributed by atoms with van der Waals surface area (Å²) >= 11 is 0. The number of hydrogen-bond acceptors (Lipinski definition) is 1. The largest absolute Gasteiger partial charge is 0.481 e. The molecule has 0 amide bonds. The highest BCUT2D eigenvalue weighted by atomic mass is 16.4. The van der Waals surface area contributed by atoms with Crippen molar-refractivity contribution in [3.63, 3.8) is 0 Å². The van der Waals surface area contributed by atoms with Gasteiger partial charge in [-0.2, -0.15) is 0 Å². The van der Waals surface area contributed by atoms with Crippen molar-refractivity contribution in [2.75, 3.05) is 0 Å². The Hall–Kier alpha value is -1.77. The summed E-state index contributed by atoms with van der Waals surface area (Å²) < 4.78 is 2.23. The Morgan fingerprint density at radius 1 is 1.33 bits per heavy atom. The Labute approximate surface area is 107 Å². The first-order valence-electron chi connectivity index (χ1n) is 6.36. The van der Waals surface area contributed by atoms with Crippen LogP contribution >= 0.6 is 0 Å². The lowest BCUT2D eigenvalue weighted by atomic mass is 10.1. The predicted molar refractivity (Wildman–Crippen MR) is 72.7 cm³/mol. The molecule has 3 nitrogen and oxygen atoms in total. The van der Waals surface area contributed by atoms with E-state index >= 15 is 0 Å². The molecule has 0 saturated heterocycles. The van der Waals surface area contributed by atoms with Gasteiger partial charge in [-0.15, -0.1) is 0 Å². The van der Waals surface area contributed by atoms with Crippen molar-refractivity contribution >= 4 is 16.9 Å². The zero-order valence-corrected chi connectivity index (χ0v) is 10.9. The lowest BCUT2D eigenvalue weighted by Crippen LogP contribution is -2.05. The highest BCUT2D eigenvalue weighted by molar-refractivity contribution is 5.83.